The molecule has 3 atom stereocenters. The van der Waals surface area contributed by atoms with E-state index in [-0.39, 0.29) is 17.9 Å². The Labute approximate surface area is 110 Å². The lowest BCUT2D eigenvalue weighted by molar-refractivity contribution is -0.124. The maximum Gasteiger partial charge on any atom is 0.237 e. The van der Waals surface area contributed by atoms with Gasteiger partial charge in [0, 0.05) is 0 Å². The summed E-state index contributed by atoms with van der Waals surface area (Å²) in [5, 5.41) is 2.97. The van der Waals surface area contributed by atoms with Crippen molar-refractivity contribution < 1.29 is 4.79 Å². The van der Waals surface area contributed by atoms with Crippen molar-refractivity contribution in [2.75, 3.05) is 0 Å². The molecule has 0 aliphatic rings. The van der Waals surface area contributed by atoms with Gasteiger partial charge in [-0.1, -0.05) is 50.1 Å². The number of carbonyl (C=O) groups excluding carboxylic acids is 1. The Balaban J connectivity index is 2.65. The monoisotopic (exact) mass is 248 g/mol. The summed E-state index contributed by atoms with van der Waals surface area (Å²) in [5.74, 6) is 0.132. The van der Waals surface area contributed by atoms with Gasteiger partial charge in [-0.25, -0.2) is 0 Å². The Morgan fingerprint density at radius 2 is 2.06 bits per heavy atom. The summed E-state index contributed by atoms with van der Waals surface area (Å²) in [6.07, 6.45) is 0.910. The zero-order valence-corrected chi connectivity index (χ0v) is 11.7. The first-order valence-electron chi connectivity index (χ1n) is 6.58. The first-order chi connectivity index (χ1) is 8.45. The molecular weight excluding hydrogens is 224 g/mol. The summed E-state index contributed by atoms with van der Waals surface area (Å²) < 4.78 is 0. The van der Waals surface area contributed by atoms with Gasteiger partial charge in [0.05, 0.1) is 12.1 Å². The number of benzene rings is 1. The number of carbonyl (C=O) groups is 1. The Morgan fingerprint density at radius 3 is 2.61 bits per heavy atom. The lowest BCUT2D eigenvalue weighted by Gasteiger charge is -2.21. The molecule has 100 valence electrons. The lowest BCUT2D eigenvalue weighted by atomic mass is 9.98. The Hall–Kier alpha value is -1.35. The molecule has 3 nitrogen and oxygen atoms in total. The molecule has 1 aromatic rings. The van der Waals surface area contributed by atoms with Crippen LogP contribution in [0.3, 0.4) is 0 Å². The predicted molar refractivity (Wildman–Crippen MR) is 75.2 cm³/mol. The molecule has 0 bridgehead atoms. The second-order valence-corrected chi connectivity index (χ2v) is 5.06. The van der Waals surface area contributed by atoms with Crippen molar-refractivity contribution >= 4 is 5.91 Å². The van der Waals surface area contributed by atoms with Gasteiger partial charge >= 0.3 is 0 Å². The minimum atomic E-state index is -0.428. The first-order valence-corrected chi connectivity index (χ1v) is 6.58. The van der Waals surface area contributed by atoms with E-state index in [9.17, 15) is 4.79 Å². The first kappa shape index (κ1) is 14.7. The van der Waals surface area contributed by atoms with Crippen molar-refractivity contribution in [3.8, 4) is 0 Å². The highest BCUT2D eigenvalue weighted by atomic mass is 16.2. The maximum atomic E-state index is 12.0. The van der Waals surface area contributed by atoms with Gasteiger partial charge in [0.15, 0.2) is 0 Å². The number of amides is 1. The number of hydrogen-bond donors (Lipinski definition) is 2. The lowest BCUT2D eigenvalue weighted by Crippen LogP contribution is -2.45. The normalized spacial score (nSPS) is 15.8. The van der Waals surface area contributed by atoms with Crippen molar-refractivity contribution in [3.05, 3.63) is 35.4 Å². The van der Waals surface area contributed by atoms with Crippen LogP contribution < -0.4 is 11.1 Å². The summed E-state index contributed by atoms with van der Waals surface area (Å²) in [5.41, 5.74) is 8.22. The molecular formula is C15H24N2O. The number of nitrogens with two attached hydrogens (primary N) is 1. The van der Waals surface area contributed by atoms with E-state index in [1.54, 1.807) is 0 Å². The van der Waals surface area contributed by atoms with Crippen LogP contribution >= 0.6 is 0 Å². The van der Waals surface area contributed by atoms with Gasteiger partial charge in [0.1, 0.15) is 0 Å². The molecule has 1 aromatic carbocycles. The molecule has 1 amide bonds. The second kappa shape index (κ2) is 6.55. The van der Waals surface area contributed by atoms with E-state index in [1.807, 2.05) is 45.9 Å². The molecule has 0 radical (unpaired) electrons. The van der Waals surface area contributed by atoms with Crippen LogP contribution in [-0.4, -0.2) is 11.9 Å². The topological polar surface area (TPSA) is 55.1 Å². The molecule has 0 spiro atoms. The van der Waals surface area contributed by atoms with Crippen LogP contribution in [0.1, 0.15) is 44.4 Å². The van der Waals surface area contributed by atoms with Gasteiger partial charge in [-0.3, -0.25) is 4.79 Å². The maximum absolute atomic E-state index is 12.0. The quantitative estimate of drug-likeness (QED) is 0.841. The summed E-state index contributed by atoms with van der Waals surface area (Å²) >= 11 is 0. The van der Waals surface area contributed by atoms with E-state index in [4.69, 9.17) is 5.73 Å². The Bertz CT molecular complexity index is 403. The van der Waals surface area contributed by atoms with Crippen molar-refractivity contribution in [1.29, 1.82) is 0 Å². The van der Waals surface area contributed by atoms with Gasteiger partial charge in [0.2, 0.25) is 5.91 Å². The average molecular weight is 248 g/mol. The smallest absolute Gasteiger partial charge is 0.237 e. The zero-order valence-electron chi connectivity index (χ0n) is 11.7. The zero-order chi connectivity index (χ0) is 13.7. The molecule has 1 unspecified atom stereocenters. The van der Waals surface area contributed by atoms with Gasteiger partial charge in [-0.2, -0.15) is 0 Å². The number of rotatable bonds is 5. The second-order valence-electron chi connectivity index (χ2n) is 5.06. The molecule has 0 aliphatic carbocycles. The van der Waals surface area contributed by atoms with E-state index < -0.39 is 6.04 Å². The van der Waals surface area contributed by atoms with Crippen LogP contribution in [0.5, 0.6) is 0 Å². The van der Waals surface area contributed by atoms with Crippen molar-refractivity contribution in [2.24, 2.45) is 11.7 Å². The van der Waals surface area contributed by atoms with Crippen LogP contribution in [0.4, 0.5) is 0 Å². The SMILES string of the molecule is CCC(C)[C@H](N)C(=O)N[C@@H](C)c1cccc(C)c1. The third kappa shape index (κ3) is 3.84. The Kier molecular flexibility index (Phi) is 5.35. The third-order valence-electron chi connectivity index (χ3n) is 3.46. The average Bonchev–Trinajstić information content (AvgIpc) is 2.36. The fourth-order valence-corrected chi connectivity index (χ4v) is 1.84. The Morgan fingerprint density at radius 1 is 1.39 bits per heavy atom. The molecule has 0 aliphatic heterocycles. The van der Waals surface area contributed by atoms with E-state index in [1.165, 1.54) is 5.56 Å². The van der Waals surface area contributed by atoms with E-state index in [2.05, 4.69) is 11.4 Å². The van der Waals surface area contributed by atoms with Crippen LogP contribution in [0, 0.1) is 12.8 Å². The largest absolute Gasteiger partial charge is 0.348 e. The fraction of sp³-hybridized carbons (Fsp3) is 0.533. The van der Waals surface area contributed by atoms with Crippen LogP contribution in [-0.2, 0) is 4.79 Å². The standard InChI is InChI=1S/C15H24N2O/c1-5-11(3)14(16)15(18)17-12(4)13-8-6-7-10(2)9-13/h6-9,11-12,14H,5,16H2,1-4H3,(H,17,18)/t11?,12-,14-/m0/s1. The molecule has 1 rings (SSSR count). The van der Waals surface area contributed by atoms with Crippen LogP contribution in [0.15, 0.2) is 24.3 Å². The van der Waals surface area contributed by atoms with E-state index in [0.717, 1.165) is 12.0 Å². The van der Waals surface area contributed by atoms with Crippen molar-refractivity contribution in [1.82, 2.24) is 5.32 Å². The predicted octanol–water partition coefficient (Wildman–Crippen LogP) is 2.55. The van der Waals surface area contributed by atoms with E-state index >= 15 is 0 Å². The van der Waals surface area contributed by atoms with Gasteiger partial charge in [-0.15, -0.1) is 0 Å². The van der Waals surface area contributed by atoms with Crippen LogP contribution in [0.2, 0.25) is 0 Å². The van der Waals surface area contributed by atoms with Crippen molar-refractivity contribution in [2.45, 2.75) is 46.2 Å². The minimum Gasteiger partial charge on any atom is -0.348 e. The molecule has 3 heteroatoms. The molecule has 0 fully saturated rings. The molecule has 3 N–H and O–H groups in total. The number of hydrogen-bond acceptors (Lipinski definition) is 2. The summed E-state index contributed by atoms with van der Waals surface area (Å²) in [7, 11) is 0. The minimum absolute atomic E-state index is 0.00694. The molecule has 0 aromatic heterocycles. The molecule has 18 heavy (non-hydrogen) atoms. The van der Waals surface area contributed by atoms with Crippen LogP contribution in [0.25, 0.3) is 0 Å². The molecule has 0 saturated carbocycles. The van der Waals surface area contributed by atoms with Gasteiger partial charge < -0.3 is 11.1 Å². The summed E-state index contributed by atoms with van der Waals surface area (Å²) in [6, 6.07) is 7.71. The fourth-order valence-electron chi connectivity index (χ4n) is 1.84. The number of aryl methyl sites for hydroxylation is 1. The molecule has 0 heterocycles. The van der Waals surface area contributed by atoms with Gasteiger partial charge in [0.25, 0.3) is 0 Å². The van der Waals surface area contributed by atoms with Crippen molar-refractivity contribution in [3.63, 3.8) is 0 Å². The van der Waals surface area contributed by atoms with E-state index in [0.29, 0.717) is 0 Å². The summed E-state index contributed by atoms with van der Waals surface area (Å²) in [4.78, 5) is 12.0. The number of nitrogens with one attached hydrogen (secondary N) is 1. The van der Waals surface area contributed by atoms with Gasteiger partial charge in [-0.05, 0) is 25.3 Å². The molecule has 0 saturated heterocycles. The highest BCUT2D eigenvalue weighted by Crippen LogP contribution is 2.14. The highest BCUT2D eigenvalue weighted by Gasteiger charge is 2.21. The third-order valence-corrected chi connectivity index (χ3v) is 3.46. The highest BCUT2D eigenvalue weighted by molar-refractivity contribution is 5.82. The summed E-state index contributed by atoms with van der Waals surface area (Å²) in [6.45, 7) is 8.07.